The normalized spacial score (nSPS) is 13.1. The summed E-state index contributed by atoms with van der Waals surface area (Å²) in [5, 5.41) is 2.58. The molecule has 1 aliphatic carbocycles. The quantitative estimate of drug-likeness (QED) is 0.724. The summed E-state index contributed by atoms with van der Waals surface area (Å²) in [4.78, 5) is 26.1. The Labute approximate surface area is 165 Å². The molecule has 5 nitrogen and oxygen atoms in total. The zero-order valence-electron chi connectivity index (χ0n) is 14.9. The minimum absolute atomic E-state index is 0.114. The van der Waals surface area contributed by atoms with Gasteiger partial charge in [0.25, 0.3) is 11.8 Å². The van der Waals surface area contributed by atoms with Crippen molar-refractivity contribution >= 4 is 27.7 Å². The van der Waals surface area contributed by atoms with Gasteiger partial charge >= 0.3 is 0 Å². The molecule has 0 aromatic heterocycles. The van der Waals surface area contributed by atoms with Crippen LogP contribution in [-0.4, -0.2) is 36.4 Å². The van der Waals surface area contributed by atoms with Crippen molar-refractivity contribution < 1.29 is 18.7 Å². The first kappa shape index (κ1) is 19.4. The highest BCUT2D eigenvalue weighted by Gasteiger charge is 2.32. The van der Waals surface area contributed by atoms with Crippen LogP contribution in [-0.2, 0) is 11.3 Å². The fourth-order valence-corrected chi connectivity index (χ4v) is 3.19. The molecule has 7 heteroatoms. The first-order valence-electron chi connectivity index (χ1n) is 8.66. The lowest BCUT2D eigenvalue weighted by atomic mass is 10.1. The number of halogens is 2. The molecule has 3 rings (SSSR count). The van der Waals surface area contributed by atoms with Crippen molar-refractivity contribution in [2.45, 2.75) is 25.4 Å². The van der Waals surface area contributed by atoms with Crippen LogP contribution < -0.4 is 10.1 Å². The van der Waals surface area contributed by atoms with Crippen LogP contribution in [0.1, 0.15) is 28.8 Å². The monoisotopic (exact) mass is 434 g/mol. The van der Waals surface area contributed by atoms with Gasteiger partial charge in [-0.2, -0.15) is 0 Å². The summed E-state index contributed by atoms with van der Waals surface area (Å²) >= 11 is 3.23. The Morgan fingerprint density at radius 1 is 1.22 bits per heavy atom. The van der Waals surface area contributed by atoms with Crippen LogP contribution in [0.15, 0.2) is 46.9 Å². The van der Waals surface area contributed by atoms with E-state index in [2.05, 4.69) is 21.2 Å². The van der Waals surface area contributed by atoms with Crippen LogP contribution in [0.3, 0.4) is 0 Å². The van der Waals surface area contributed by atoms with Crippen molar-refractivity contribution in [2.24, 2.45) is 0 Å². The first-order valence-corrected chi connectivity index (χ1v) is 9.45. The number of nitrogens with one attached hydrogen (secondary N) is 1. The highest BCUT2D eigenvalue weighted by molar-refractivity contribution is 9.10. The third-order valence-electron chi connectivity index (χ3n) is 4.35. The van der Waals surface area contributed by atoms with Crippen LogP contribution >= 0.6 is 15.9 Å². The Bertz CT molecular complexity index is 838. The zero-order valence-corrected chi connectivity index (χ0v) is 16.5. The van der Waals surface area contributed by atoms with Crippen molar-refractivity contribution in [2.75, 3.05) is 13.7 Å². The minimum atomic E-state index is -0.375. The van der Waals surface area contributed by atoms with Gasteiger partial charge in [0.1, 0.15) is 11.6 Å². The van der Waals surface area contributed by atoms with E-state index in [1.807, 2.05) is 12.1 Å². The first-order chi connectivity index (χ1) is 13.0. The second kappa shape index (κ2) is 8.52. The number of ether oxygens (including phenoxy) is 1. The summed E-state index contributed by atoms with van der Waals surface area (Å²) in [5.41, 5.74) is 1.53. The van der Waals surface area contributed by atoms with Crippen LogP contribution in [0.25, 0.3) is 0 Å². The number of carbonyl (C=O) groups is 2. The van der Waals surface area contributed by atoms with E-state index in [9.17, 15) is 14.0 Å². The SMILES string of the molecule is CNC(=O)c1ccc(CN(C(=O)COc2ccc(F)cc2Br)C2CC2)cc1. The van der Waals surface area contributed by atoms with E-state index in [1.54, 1.807) is 24.1 Å². The van der Waals surface area contributed by atoms with Crippen molar-refractivity contribution in [1.82, 2.24) is 10.2 Å². The Kier molecular flexibility index (Phi) is 6.11. The molecule has 1 fully saturated rings. The van der Waals surface area contributed by atoms with E-state index in [0.717, 1.165) is 18.4 Å². The molecule has 0 unspecified atom stereocenters. The second-order valence-corrected chi connectivity index (χ2v) is 7.25. The lowest BCUT2D eigenvalue weighted by Gasteiger charge is -2.23. The average Bonchev–Trinajstić information content (AvgIpc) is 3.50. The van der Waals surface area contributed by atoms with Gasteiger partial charge in [0.15, 0.2) is 6.61 Å². The molecule has 2 aromatic carbocycles. The van der Waals surface area contributed by atoms with Crippen LogP contribution in [0, 0.1) is 5.82 Å². The molecule has 0 aliphatic heterocycles. The van der Waals surface area contributed by atoms with Crippen molar-refractivity contribution in [3.8, 4) is 5.75 Å². The number of nitrogens with zero attached hydrogens (tertiary/aromatic N) is 1. The van der Waals surface area contributed by atoms with Gasteiger partial charge in [-0.3, -0.25) is 9.59 Å². The van der Waals surface area contributed by atoms with E-state index < -0.39 is 0 Å². The minimum Gasteiger partial charge on any atom is -0.483 e. The molecule has 1 N–H and O–H groups in total. The molecule has 1 aliphatic rings. The molecule has 0 spiro atoms. The molecule has 142 valence electrons. The highest BCUT2D eigenvalue weighted by atomic mass is 79.9. The number of hydrogen-bond donors (Lipinski definition) is 1. The highest BCUT2D eigenvalue weighted by Crippen LogP contribution is 2.29. The van der Waals surface area contributed by atoms with Gasteiger partial charge in [-0.1, -0.05) is 12.1 Å². The summed E-state index contributed by atoms with van der Waals surface area (Å²) in [6, 6.07) is 11.5. The van der Waals surface area contributed by atoms with Crippen LogP contribution in [0.5, 0.6) is 5.75 Å². The maximum Gasteiger partial charge on any atom is 0.261 e. The predicted octanol–water partition coefficient (Wildman–Crippen LogP) is 3.52. The Morgan fingerprint density at radius 2 is 1.93 bits per heavy atom. The number of carbonyl (C=O) groups excluding carboxylic acids is 2. The van der Waals surface area contributed by atoms with Gasteiger partial charge in [0, 0.05) is 25.2 Å². The van der Waals surface area contributed by atoms with E-state index >= 15 is 0 Å². The fourth-order valence-electron chi connectivity index (χ4n) is 2.72. The molecule has 0 radical (unpaired) electrons. The maximum atomic E-state index is 13.1. The van der Waals surface area contributed by atoms with E-state index in [-0.39, 0.29) is 30.3 Å². The van der Waals surface area contributed by atoms with Crippen LogP contribution in [0.2, 0.25) is 0 Å². The summed E-state index contributed by atoms with van der Waals surface area (Å²) in [5.74, 6) is -0.213. The molecule has 0 heterocycles. The molecule has 0 atom stereocenters. The molecule has 0 saturated heterocycles. The predicted molar refractivity (Wildman–Crippen MR) is 103 cm³/mol. The molecular formula is C20H20BrFN2O3. The molecule has 2 amide bonds. The average molecular weight is 435 g/mol. The van der Waals surface area contributed by atoms with E-state index in [4.69, 9.17) is 4.74 Å². The number of hydrogen-bond acceptors (Lipinski definition) is 3. The third kappa shape index (κ3) is 5.07. The number of amides is 2. The van der Waals surface area contributed by atoms with Crippen molar-refractivity contribution in [1.29, 1.82) is 0 Å². The molecule has 27 heavy (non-hydrogen) atoms. The number of benzene rings is 2. The Hall–Kier alpha value is -2.41. The smallest absolute Gasteiger partial charge is 0.261 e. The Balaban J connectivity index is 1.63. The molecule has 1 saturated carbocycles. The summed E-state index contributed by atoms with van der Waals surface area (Å²) in [7, 11) is 1.59. The third-order valence-corrected chi connectivity index (χ3v) is 4.97. The van der Waals surface area contributed by atoms with E-state index in [1.165, 1.54) is 18.2 Å². The van der Waals surface area contributed by atoms with Gasteiger partial charge in [-0.15, -0.1) is 0 Å². The van der Waals surface area contributed by atoms with Gasteiger partial charge in [0.2, 0.25) is 0 Å². The fraction of sp³-hybridized carbons (Fsp3) is 0.300. The zero-order chi connectivity index (χ0) is 19.4. The Morgan fingerprint density at radius 3 is 2.52 bits per heavy atom. The lowest BCUT2D eigenvalue weighted by molar-refractivity contribution is -0.134. The standard InChI is InChI=1S/C20H20BrFN2O3/c1-23-20(26)14-4-2-13(3-5-14)11-24(16-7-8-16)19(25)12-27-18-9-6-15(22)10-17(18)21/h2-6,9-10,16H,7-8,11-12H2,1H3,(H,23,26). The van der Waals surface area contributed by atoms with Crippen molar-refractivity contribution in [3.63, 3.8) is 0 Å². The van der Waals surface area contributed by atoms with E-state index in [0.29, 0.717) is 22.3 Å². The summed E-state index contributed by atoms with van der Waals surface area (Å²) < 4.78 is 19.2. The molecule has 0 bridgehead atoms. The van der Waals surface area contributed by atoms with Gasteiger partial charge in [-0.25, -0.2) is 4.39 Å². The molecular weight excluding hydrogens is 415 g/mol. The maximum absolute atomic E-state index is 13.1. The van der Waals surface area contributed by atoms with Gasteiger partial charge < -0.3 is 15.0 Å². The van der Waals surface area contributed by atoms with Crippen LogP contribution in [0.4, 0.5) is 4.39 Å². The van der Waals surface area contributed by atoms with Gasteiger partial charge in [-0.05, 0) is 64.7 Å². The lowest BCUT2D eigenvalue weighted by Crippen LogP contribution is -2.36. The van der Waals surface area contributed by atoms with Gasteiger partial charge in [0.05, 0.1) is 4.47 Å². The molecule has 2 aromatic rings. The second-order valence-electron chi connectivity index (χ2n) is 6.39. The summed E-state index contributed by atoms with van der Waals surface area (Å²) in [6.07, 6.45) is 1.95. The largest absolute Gasteiger partial charge is 0.483 e. The summed E-state index contributed by atoms with van der Waals surface area (Å²) in [6.45, 7) is 0.350. The topological polar surface area (TPSA) is 58.6 Å². The number of rotatable bonds is 7. The van der Waals surface area contributed by atoms with Crippen molar-refractivity contribution in [3.05, 3.63) is 63.9 Å².